The molecule has 0 bridgehead atoms. The molecule has 0 aliphatic rings. The minimum atomic E-state index is -0.841. The van der Waals surface area contributed by atoms with E-state index < -0.39 is 40.4 Å². The zero-order chi connectivity index (χ0) is 32.9. The number of carbonyl (C=O) groups excluding carboxylic acids is 3. The van der Waals surface area contributed by atoms with Crippen LogP contribution in [-0.2, 0) is 23.8 Å². The van der Waals surface area contributed by atoms with Gasteiger partial charge in [0.25, 0.3) is 0 Å². The molecule has 8 heteroatoms. The van der Waals surface area contributed by atoms with E-state index in [4.69, 9.17) is 9.47 Å². The molecule has 0 aliphatic carbocycles. The molecule has 0 saturated heterocycles. The average molecular weight is 631 g/mol. The van der Waals surface area contributed by atoms with Crippen LogP contribution in [0.1, 0.15) is 64.2 Å². The number of hydrogen-bond donors (Lipinski definition) is 2. The van der Waals surface area contributed by atoms with E-state index >= 15 is 0 Å². The molecule has 2 atom stereocenters. The number of methoxy groups -OCH3 is 1. The van der Waals surface area contributed by atoms with Crippen LogP contribution in [0, 0.1) is 5.92 Å². The molecule has 7 nitrogen and oxygen atoms in total. The molecule has 3 aromatic carbocycles. The largest absolute Gasteiger partial charge is 0.469 e. The van der Waals surface area contributed by atoms with Crippen molar-refractivity contribution < 1.29 is 23.9 Å². The fraction of sp³-hybridized carbons (Fsp3) is 0.378. The van der Waals surface area contributed by atoms with Gasteiger partial charge in [0.05, 0.1) is 24.3 Å². The molecule has 45 heavy (non-hydrogen) atoms. The fourth-order valence-corrected chi connectivity index (χ4v) is 6.45. The van der Waals surface area contributed by atoms with Crippen molar-refractivity contribution in [3.63, 3.8) is 0 Å². The summed E-state index contributed by atoms with van der Waals surface area (Å²) in [5, 5.41) is 5.58. The van der Waals surface area contributed by atoms with E-state index in [1.165, 1.54) is 23.8 Å². The molecule has 0 fully saturated rings. The van der Waals surface area contributed by atoms with Gasteiger partial charge in [-0.05, 0) is 55.6 Å². The predicted molar refractivity (Wildman–Crippen MR) is 182 cm³/mol. The second-order valence-corrected chi connectivity index (χ2v) is 13.4. The Hall–Kier alpha value is -4.04. The van der Waals surface area contributed by atoms with Gasteiger partial charge in [-0.2, -0.15) is 0 Å². The maximum atomic E-state index is 13.3. The molecular formula is C37H46N2O5S. The van der Waals surface area contributed by atoms with E-state index in [0.29, 0.717) is 6.42 Å². The lowest BCUT2D eigenvalue weighted by Gasteiger charge is -2.35. The van der Waals surface area contributed by atoms with Gasteiger partial charge in [-0.1, -0.05) is 117 Å². The van der Waals surface area contributed by atoms with Gasteiger partial charge in [0, 0.05) is 0 Å². The van der Waals surface area contributed by atoms with Gasteiger partial charge in [0.1, 0.15) is 11.6 Å². The van der Waals surface area contributed by atoms with E-state index in [1.54, 1.807) is 20.8 Å². The molecule has 0 spiro atoms. The summed E-state index contributed by atoms with van der Waals surface area (Å²) in [5.74, 6) is -0.293. The zero-order valence-corrected chi connectivity index (χ0v) is 27.9. The van der Waals surface area contributed by atoms with Crippen LogP contribution in [0.25, 0.3) is 0 Å². The highest BCUT2D eigenvalue weighted by Crippen LogP contribution is 2.48. The smallest absolute Gasteiger partial charge is 0.408 e. The Labute approximate surface area is 272 Å². The summed E-state index contributed by atoms with van der Waals surface area (Å²) in [5.41, 5.74) is 2.85. The van der Waals surface area contributed by atoms with Crippen molar-refractivity contribution in [1.82, 2.24) is 10.6 Å². The number of rotatable bonds is 14. The quantitative estimate of drug-likeness (QED) is 0.0843. The normalized spacial score (nSPS) is 13.2. The van der Waals surface area contributed by atoms with Gasteiger partial charge in [-0.3, -0.25) is 9.59 Å². The van der Waals surface area contributed by atoms with E-state index in [2.05, 4.69) is 83.4 Å². The number of thioether (sulfide) groups is 1. The minimum absolute atomic E-state index is 0.0366. The second kappa shape index (κ2) is 16.9. The summed E-state index contributed by atoms with van der Waals surface area (Å²) in [6.07, 6.45) is 3.79. The first kappa shape index (κ1) is 35.4. The van der Waals surface area contributed by atoms with E-state index in [1.807, 2.05) is 56.0 Å². The standard InChI is InChI=1S/C37H46N2O5S/c1-27(2)33(39-35(42)44-36(3,4)5)34(41)38-31(26-32(40)43-6)24-16-17-25-45-37(28-18-10-7-11-19-28,29-20-12-8-13-21-29)30-22-14-9-15-23-30/h7-16,18-24,27,31,33H,17,25-26H2,1-6H3,(H,38,41)(H,39,42)/b24-16+/t31-,33+/m1/s1. The van der Waals surface area contributed by atoms with E-state index in [-0.39, 0.29) is 12.3 Å². The number of alkyl carbamates (subject to hydrolysis) is 1. The molecule has 0 unspecified atom stereocenters. The lowest BCUT2D eigenvalue weighted by atomic mass is 9.84. The van der Waals surface area contributed by atoms with Crippen molar-refractivity contribution in [2.75, 3.05) is 12.9 Å². The summed E-state index contributed by atoms with van der Waals surface area (Å²) in [7, 11) is 1.32. The van der Waals surface area contributed by atoms with Crippen molar-refractivity contribution in [2.45, 2.75) is 69.9 Å². The molecular weight excluding hydrogens is 584 g/mol. The lowest BCUT2D eigenvalue weighted by molar-refractivity contribution is -0.141. The van der Waals surface area contributed by atoms with Crippen LogP contribution in [0.3, 0.4) is 0 Å². The van der Waals surface area contributed by atoms with Crippen molar-refractivity contribution in [3.8, 4) is 0 Å². The van der Waals surface area contributed by atoms with Crippen molar-refractivity contribution in [2.24, 2.45) is 5.92 Å². The monoisotopic (exact) mass is 630 g/mol. The number of carbonyl (C=O) groups is 3. The third kappa shape index (κ3) is 10.5. The molecule has 0 heterocycles. The Kier molecular flexibility index (Phi) is 13.3. The number of nitrogens with one attached hydrogen (secondary N) is 2. The Morgan fingerprint density at radius 3 is 1.71 bits per heavy atom. The highest BCUT2D eigenvalue weighted by atomic mass is 32.2. The van der Waals surface area contributed by atoms with E-state index in [9.17, 15) is 14.4 Å². The van der Waals surface area contributed by atoms with Gasteiger partial charge >= 0.3 is 12.1 Å². The first-order valence-electron chi connectivity index (χ1n) is 15.3. The molecule has 0 saturated carbocycles. The molecule has 0 aromatic heterocycles. The van der Waals surface area contributed by atoms with Crippen molar-refractivity contribution in [1.29, 1.82) is 0 Å². The molecule has 3 aromatic rings. The van der Waals surface area contributed by atoms with Gasteiger partial charge in [-0.15, -0.1) is 11.8 Å². The van der Waals surface area contributed by atoms with Gasteiger partial charge in [0.2, 0.25) is 5.91 Å². The van der Waals surface area contributed by atoms with Gasteiger partial charge in [-0.25, -0.2) is 4.79 Å². The summed E-state index contributed by atoms with van der Waals surface area (Å²) in [4.78, 5) is 37.9. The van der Waals surface area contributed by atoms with Crippen LogP contribution in [0.15, 0.2) is 103 Å². The lowest BCUT2D eigenvalue weighted by Crippen LogP contribution is -2.53. The van der Waals surface area contributed by atoms with Crippen LogP contribution in [0.5, 0.6) is 0 Å². The number of ether oxygens (including phenoxy) is 2. The van der Waals surface area contributed by atoms with Crippen LogP contribution >= 0.6 is 11.8 Å². The third-order valence-electron chi connectivity index (χ3n) is 7.08. The van der Waals surface area contributed by atoms with Crippen LogP contribution in [0.2, 0.25) is 0 Å². The number of allylic oxidation sites excluding steroid dienone is 1. The molecule has 3 rings (SSSR count). The molecule has 2 N–H and O–H groups in total. The maximum absolute atomic E-state index is 13.3. The first-order valence-corrected chi connectivity index (χ1v) is 16.3. The molecule has 240 valence electrons. The number of hydrogen-bond acceptors (Lipinski definition) is 6. The molecule has 2 amide bonds. The predicted octanol–water partition coefficient (Wildman–Crippen LogP) is 7.26. The minimum Gasteiger partial charge on any atom is -0.469 e. The zero-order valence-electron chi connectivity index (χ0n) is 27.1. The Bertz CT molecular complexity index is 1290. The summed E-state index contributed by atoms with van der Waals surface area (Å²) in [6.45, 7) is 8.95. The van der Waals surface area contributed by atoms with Crippen LogP contribution < -0.4 is 10.6 Å². The first-order chi connectivity index (χ1) is 21.5. The highest BCUT2D eigenvalue weighted by Gasteiger charge is 2.36. The molecule has 0 aliphatic heterocycles. The fourth-order valence-electron chi connectivity index (χ4n) is 4.98. The Balaban J connectivity index is 1.79. The SMILES string of the molecule is COC(=O)C[C@@H](/C=C/CCSC(c1ccccc1)(c1ccccc1)c1ccccc1)NC(=O)[C@@H](NC(=O)OC(C)(C)C)C(C)C. The van der Waals surface area contributed by atoms with Crippen LogP contribution in [-0.4, -0.2) is 48.5 Å². The summed E-state index contributed by atoms with van der Waals surface area (Å²) >= 11 is 1.84. The number of esters is 1. The summed E-state index contributed by atoms with van der Waals surface area (Å²) in [6, 6.07) is 30.0. The maximum Gasteiger partial charge on any atom is 0.408 e. The molecule has 0 radical (unpaired) electrons. The van der Waals surface area contributed by atoms with Crippen molar-refractivity contribution in [3.05, 3.63) is 120 Å². The Morgan fingerprint density at radius 1 is 0.800 bits per heavy atom. The highest BCUT2D eigenvalue weighted by molar-refractivity contribution is 8.00. The Morgan fingerprint density at radius 2 is 1.29 bits per heavy atom. The number of benzene rings is 3. The van der Waals surface area contributed by atoms with Gasteiger partial charge in [0.15, 0.2) is 0 Å². The summed E-state index contributed by atoms with van der Waals surface area (Å²) < 4.78 is 9.81. The second-order valence-electron chi connectivity index (χ2n) is 12.1. The van der Waals surface area contributed by atoms with Crippen LogP contribution in [0.4, 0.5) is 4.79 Å². The van der Waals surface area contributed by atoms with E-state index in [0.717, 1.165) is 5.75 Å². The van der Waals surface area contributed by atoms with Gasteiger partial charge < -0.3 is 20.1 Å². The number of amides is 2. The van der Waals surface area contributed by atoms with Crippen molar-refractivity contribution >= 4 is 29.7 Å². The average Bonchev–Trinajstić information content (AvgIpc) is 3.01. The topological polar surface area (TPSA) is 93.7 Å². The third-order valence-corrected chi connectivity index (χ3v) is 8.66.